The minimum Gasteiger partial charge on any atom is -0.356 e. The van der Waals surface area contributed by atoms with E-state index in [1.54, 1.807) is 0 Å². The fourth-order valence-electron chi connectivity index (χ4n) is 4.75. The van der Waals surface area contributed by atoms with Crippen molar-refractivity contribution in [1.29, 1.82) is 0 Å². The molecule has 0 unspecified atom stereocenters. The number of carbonyl (C=O) groups excluding carboxylic acids is 1. The molecule has 1 saturated heterocycles. The predicted octanol–water partition coefficient (Wildman–Crippen LogP) is 6.24. The zero-order valence-electron chi connectivity index (χ0n) is 23.3. The maximum atomic E-state index is 12.4. The normalized spacial score (nSPS) is 20.0. The van der Waals surface area contributed by atoms with Crippen LogP contribution in [0, 0.1) is 0 Å². The number of carbonyl (C=O) groups is 1. The van der Waals surface area contributed by atoms with Crippen LogP contribution in [0.3, 0.4) is 0 Å². The first-order chi connectivity index (χ1) is 17.3. The molecule has 0 radical (unpaired) electrons. The zero-order valence-corrected chi connectivity index (χ0v) is 23.3. The van der Waals surface area contributed by atoms with Gasteiger partial charge in [-0.3, -0.25) is 4.79 Å². The molecule has 206 valence electrons. The van der Waals surface area contributed by atoms with Crippen LogP contribution in [-0.2, 0) is 4.79 Å². The molecule has 0 saturated carbocycles. The summed E-state index contributed by atoms with van der Waals surface area (Å²) in [5.41, 5.74) is 0. The Morgan fingerprint density at radius 2 is 1.20 bits per heavy atom. The van der Waals surface area contributed by atoms with E-state index < -0.39 is 0 Å². The van der Waals surface area contributed by atoms with Gasteiger partial charge in [-0.2, -0.15) is 0 Å². The van der Waals surface area contributed by atoms with Gasteiger partial charge in [0.1, 0.15) is 0 Å². The molecule has 1 heterocycles. The molecular formula is C30H60N4O. The minimum absolute atomic E-state index is 0.210. The summed E-state index contributed by atoms with van der Waals surface area (Å²) < 4.78 is 0. The van der Waals surface area contributed by atoms with Gasteiger partial charge in [0.05, 0.1) is 0 Å². The van der Waals surface area contributed by atoms with Crippen LogP contribution in [0.2, 0.25) is 0 Å². The van der Waals surface area contributed by atoms with Gasteiger partial charge in [0.2, 0.25) is 5.91 Å². The molecule has 0 aromatic carbocycles. The highest BCUT2D eigenvalue weighted by Crippen LogP contribution is 2.13. The summed E-state index contributed by atoms with van der Waals surface area (Å²) in [5, 5.41) is 13.8. The summed E-state index contributed by atoms with van der Waals surface area (Å²) in [6.45, 7) is 8.28. The van der Waals surface area contributed by atoms with Crippen LogP contribution in [0.5, 0.6) is 0 Å². The van der Waals surface area contributed by atoms with E-state index in [4.69, 9.17) is 0 Å². The van der Waals surface area contributed by atoms with Gasteiger partial charge in [0.25, 0.3) is 0 Å². The Morgan fingerprint density at radius 1 is 0.657 bits per heavy atom. The van der Waals surface area contributed by atoms with E-state index >= 15 is 0 Å². The first-order valence-corrected chi connectivity index (χ1v) is 15.4. The van der Waals surface area contributed by atoms with Gasteiger partial charge in [-0.1, -0.05) is 83.3 Å². The van der Waals surface area contributed by atoms with Crippen molar-refractivity contribution in [3.8, 4) is 0 Å². The Balaban J connectivity index is 2.07. The fourth-order valence-corrected chi connectivity index (χ4v) is 4.75. The van der Waals surface area contributed by atoms with Crippen LogP contribution in [-0.4, -0.2) is 51.2 Å². The summed E-state index contributed by atoms with van der Waals surface area (Å²) in [6.07, 6.45) is 28.4. The quantitative estimate of drug-likeness (QED) is 0.161. The molecule has 4 N–H and O–H groups in total. The number of nitrogens with one attached hydrogen (secondary N) is 4. The van der Waals surface area contributed by atoms with Crippen LogP contribution in [0.1, 0.15) is 129 Å². The Bertz CT molecular complexity index is 483. The van der Waals surface area contributed by atoms with Gasteiger partial charge in [0, 0.05) is 19.0 Å². The zero-order chi connectivity index (χ0) is 25.1. The second-order valence-corrected chi connectivity index (χ2v) is 10.5. The van der Waals surface area contributed by atoms with Crippen molar-refractivity contribution < 1.29 is 4.79 Å². The lowest BCUT2D eigenvalue weighted by Crippen LogP contribution is -2.37. The fraction of sp³-hybridized carbons (Fsp3) is 0.900. The van der Waals surface area contributed by atoms with Crippen molar-refractivity contribution in [1.82, 2.24) is 21.3 Å². The lowest BCUT2D eigenvalue weighted by atomic mass is 10.0. The Hall–Kier alpha value is -0.910. The lowest BCUT2D eigenvalue weighted by molar-refractivity contribution is -0.121. The molecule has 0 bridgehead atoms. The van der Waals surface area contributed by atoms with Crippen molar-refractivity contribution in [2.75, 3.05) is 39.3 Å². The number of rotatable bonds is 15. The molecule has 1 amide bonds. The maximum absolute atomic E-state index is 12.4. The molecular weight excluding hydrogens is 432 g/mol. The number of allylic oxidation sites excluding steroid dienone is 2. The lowest BCUT2D eigenvalue weighted by Gasteiger charge is -2.19. The molecule has 1 aliphatic heterocycles. The van der Waals surface area contributed by atoms with Gasteiger partial charge in [-0.25, -0.2) is 0 Å². The first-order valence-electron chi connectivity index (χ1n) is 15.4. The number of unbranched alkanes of at least 4 members (excludes halogenated alkanes) is 11. The van der Waals surface area contributed by atoms with Gasteiger partial charge in [-0.05, 0) is 84.1 Å². The molecule has 1 aliphatic rings. The molecule has 1 atom stereocenters. The van der Waals surface area contributed by atoms with Crippen LogP contribution < -0.4 is 21.3 Å². The van der Waals surface area contributed by atoms with Crippen LogP contribution >= 0.6 is 0 Å². The van der Waals surface area contributed by atoms with E-state index in [1.165, 1.54) is 96.3 Å². The van der Waals surface area contributed by atoms with E-state index in [2.05, 4.69) is 40.3 Å². The van der Waals surface area contributed by atoms with Crippen molar-refractivity contribution in [2.45, 2.75) is 135 Å². The third-order valence-corrected chi connectivity index (χ3v) is 7.00. The van der Waals surface area contributed by atoms with E-state index in [0.29, 0.717) is 12.5 Å². The molecule has 0 spiro atoms. The smallest absolute Gasteiger partial charge is 0.221 e. The summed E-state index contributed by atoms with van der Waals surface area (Å²) in [5.74, 6) is 0.210. The van der Waals surface area contributed by atoms with E-state index in [-0.39, 0.29) is 5.91 Å². The average molecular weight is 493 g/mol. The molecule has 5 heteroatoms. The first kappa shape index (κ1) is 32.1. The standard InChI is InChI=1S/C30H60N4O/c1-2-3-4-5-6-7-8-9-10-11-12-13-14-15-16-21-29-28-30(35)34-27-20-25-32-23-18-17-22-31-24-19-26-33-29/h4-5,29,31-33H,2-3,6-28H2,1H3,(H,34,35)/t29-/m1/s1. The van der Waals surface area contributed by atoms with Gasteiger partial charge in [0.15, 0.2) is 0 Å². The highest BCUT2D eigenvalue weighted by molar-refractivity contribution is 5.76. The van der Waals surface area contributed by atoms with Gasteiger partial charge in [-0.15, -0.1) is 0 Å². The van der Waals surface area contributed by atoms with Crippen LogP contribution in [0.25, 0.3) is 0 Å². The number of amides is 1. The van der Waals surface area contributed by atoms with Crippen LogP contribution in [0.4, 0.5) is 0 Å². The van der Waals surface area contributed by atoms with Crippen LogP contribution in [0.15, 0.2) is 12.2 Å². The number of hydrogen-bond acceptors (Lipinski definition) is 4. The summed E-state index contributed by atoms with van der Waals surface area (Å²) in [7, 11) is 0. The van der Waals surface area contributed by atoms with Gasteiger partial charge < -0.3 is 21.3 Å². The summed E-state index contributed by atoms with van der Waals surface area (Å²) in [6, 6.07) is 0.320. The SMILES string of the molecule is CCCC=CCCCCCCCCCCCC[C@@H]1CC(=O)NCCCNCCCCNCCCN1. The van der Waals surface area contributed by atoms with Crippen molar-refractivity contribution in [3.63, 3.8) is 0 Å². The molecule has 1 rings (SSSR count). The van der Waals surface area contributed by atoms with E-state index in [0.717, 1.165) is 58.5 Å². The Labute approximate surface area is 218 Å². The molecule has 35 heavy (non-hydrogen) atoms. The molecule has 1 fully saturated rings. The number of hydrogen-bond donors (Lipinski definition) is 4. The highest BCUT2D eigenvalue weighted by atomic mass is 16.1. The van der Waals surface area contributed by atoms with Crippen molar-refractivity contribution in [3.05, 3.63) is 12.2 Å². The average Bonchev–Trinajstić information content (AvgIpc) is 2.86. The molecule has 0 aromatic rings. The molecule has 5 nitrogen and oxygen atoms in total. The third-order valence-electron chi connectivity index (χ3n) is 7.00. The Morgan fingerprint density at radius 3 is 1.86 bits per heavy atom. The van der Waals surface area contributed by atoms with E-state index in [9.17, 15) is 4.79 Å². The Kier molecular flexibility index (Phi) is 24.0. The largest absolute Gasteiger partial charge is 0.356 e. The highest BCUT2D eigenvalue weighted by Gasteiger charge is 2.13. The monoisotopic (exact) mass is 492 g/mol. The third kappa shape index (κ3) is 23.3. The molecule has 0 aromatic heterocycles. The predicted molar refractivity (Wildman–Crippen MR) is 153 cm³/mol. The van der Waals surface area contributed by atoms with Crippen molar-refractivity contribution in [2.24, 2.45) is 0 Å². The van der Waals surface area contributed by atoms with Gasteiger partial charge >= 0.3 is 0 Å². The van der Waals surface area contributed by atoms with E-state index in [1.807, 2.05) is 0 Å². The summed E-state index contributed by atoms with van der Waals surface area (Å²) >= 11 is 0. The second kappa shape index (κ2) is 26.2. The molecule has 0 aliphatic carbocycles. The van der Waals surface area contributed by atoms with Crippen molar-refractivity contribution >= 4 is 5.91 Å². The summed E-state index contributed by atoms with van der Waals surface area (Å²) in [4.78, 5) is 12.4. The second-order valence-electron chi connectivity index (χ2n) is 10.5. The maximum Gasteiger partial charge on any atom is 0.221 e. The minimum atomic E-state index is 0.210. The topological polar surface area (TPSA) is 65.2 Å².